The van der Waals surface area contributed by atoms with Crippen molar-refractivity contribution < 1.29 is 13.2 Å². The molecule has 0 saturated carbocycles. The first-order chi connectivity index (χ1) is 10.5. The van der Waals surface area contributed by atoms with Gasteiger partial charge in [0.1, 0.15) is 12.1 Å². The molecule has 0 saturated heterocycles. The van der Waals surface area contributed by atoms with Crippen molar-refractivity contribution in [3.05, 3.63) is 57.2 Å². The van der Waals surface area contributed by atoms with E-state index in [0.29, 0.717) is 16.7 Å². The van der Waals surface area contributed by atoms with Gasteiger partial charge in [-0.25, -0.2) is 23.1 Å². The molecule has 112 valence electrons. The lowest BCUT2D eigenvalue weighted by Crippen LogP contribution is -2.03. The molecular weight excluding hydrogens is 406 g/mol. The summed E-state index contributed by atoms with van der Waals surface area (Å²) in [6.07, 6.45) is 1.35. The molecule has 22 heavy (non-hydrogen) atoms. The Labute approximate surface area is 137 Å². The second-order valence-electron chi connectivity index (χ2n) is 4.67. The third kappa shape index (κ3) is 2.60. The highest BCUT2D eigenvalue weighted by Crippen LogP contribution is 2.29. The van der Waals surface area contributed by atoms with Crippen molar-refractivity contribution in [2.45, 2.75) is 6.92 Å². The van der Waals surface area contributed by atoms with Crippen LogP contribution in [-0.2, 0) is 0 Å². The SMILES string of the molecule is Cc1c(Nc2ncnc3ccc(I)cc23)cc(F)c(F)c1F. The van der Waals surface area contributed by atoms with Gasteiger partial charge in [0.25, 0.3) is 0 Å². The standard InChI is InChI=1S/C15H9F3IN3/c1-7-12(5-10(16)14(18)13(7)17)22-15-9-4-8(19)2-3-11(9)20-6-21-15/h2-6H,1H3,(H,20,21,22). The molecular formula is C15H9F3IN3. The maximum Gasteiger partial charge on any atom is 0.194 e. The number of hydrogen-bond donors (Lipinski definition) is 1. The Morgan fingerprint density at radius 1 is 1.05 bits per heavy atom. The average Bonchev–Trinajstić information content (AvgIpc) is 2.51. The predicted octanol–water partition coefficient (Wildman–Crippen LogP) is 4.70. The van der Waals surface area contributed by atoms with Crippen LogP contribution in [0.25, 0.3) is 10.9 Å². The molecule has 2 aromatic carbocycles. The van der Waals surface area contributed by atoms with Crippen molar-refractivity contribution in [3.8, 4) is 0 Å². The zero-order valence-corrected chi connectivity index (χ0v) is 13.5. The second-order valence-corrected chi connectivity index (χ2v) is 5.91. The highest BCUT2D eigenvalue weighted by molar-refractivity contribution is 14.1. The summed E-state index contributed by atoms with van der Waals surface area (Å²) >= 11 is 2.14. The van der Waals surface area contributed by atoms with Gasteiger partial charge in [0.15, 0.2) is 17.5 Å². The number of rotatable bonds is 2. The lowest BCUT2D eigenvalue weighted by atomic mass is 10.1. The van der Waals surface area contributed by atoms with Gasteiger partial charge in [0, 0.05) is 26.3 Å². The molecule has 1 N–H and O–H groups in total. The fourth-order valence-electron chi connectivity index (χ4n) is 2.07. The Kier molecular flexibility index (Phi) is 3.90. The molecule has 0 bridgehead atoms. The minimum atomic E-state index is -1.48. The molecule has 0 spiro atoms. The van der Waals surface area contributed by atoms with Crippen LogP contribution in [0.4, 0.5) is 24.7 Å². The van der Waals surface area contributed by atoms with E-state index < -0.39 is 17.5 Å². The van der Waals surface area contributed by atoms with Gasteiger partial charge in [-0.15, -0.1) is 0 Å². The topological polar surface area (TPSA) is 37.8 Å². The Hall–Kier alpha value is -1.90. The fraction of sp³-hybridized carbons (Fsp3) is 0.0667. The molecule has 0 fully saturated rings. The van der Waals surface area contributed by atoms with Gasteiger partial charge in [-0.1, -0.05) is 0 Å². The van der Waals surface area contributed by atoms with E-state index in [1.165, 1.54) is 13.3 Å². The maximum absolute atomic E-state index is 13.6. The van der Waals surface area contributed by atoms with Gasteiger partial charge in [0.2, 0.25) is 0 Å². The van der Waals surface area contributed by atoms with Crippen molar-refractivity contribution in [1.82, 2.24) is 9.97 Å². The summed E-state index contributed by atoms with van der Waals surface area (Å²) in [5, 5.41) is 3.56. The number of hydrogen-bond acceptors (Lipinski definition) is 3. The number of halogens is 4. The van der Waals surface area contributed by atoms with Gasteiger partial charge in [-0.3, -0.25) is 0 Å². The van der Waals surface area contributed by atoms with Crippen LogP contribution in [-0.4, -0.2) is 9.97 Å². The Bertz CT molecular complexity index is 884. The van der Waals surface area contributed by atoms with Gasteiger partial charge in [-0.2, -0.15) is 0 Å². The molecule has 0 aliphatic heterocycles. The third-order valence-electron chi connectivity index (χ3n) is 3.26. The van der Waals surface area contributed by atoms with Crippen LogP contribution in [0.2, 0.25) is 0 Å². The van der Waals surface area contributed by atoms with Crippen LogP contribution >= 0.6 is 22.6 Å². The maximum atomic E-state index is 13.6. The van der Waals surface area contributed by atoms with Crippen LogP contribution in [0, 0.1) is 27.9 Å². The number of anilines is 2. The number of nitrogens with one attached hydrogen (secondary N) is 1. The predicted molar refractivity (Wildman–Crippen MR) is 86.6 cm³/mol. The summed E-state index contributed by atoms with van der Waals surface area (Å²) in [6, 6.07) is 6.48. The number of benzene rings is 2. The van der Waals surface area contributed by atoms with E-state index in [9.17, 15) is 13.2 Å². The minimum Gasteiger partial charge on any atom is -0.339 e. The van der Waals surface area contributed by atoms with Crippen molar-refractivity contribution >= 4 is 45.0 Å². The lowest BCUT2D eigenvalue weighted by molar-refractivity contribution is 0.444. The summed E-state index contributed by atoms with van der Waals surface area (Å²) in [5.74, 6) is -3.55. The molecule has 0 unspecified atom stereocenters. The number of nitrogens with zero attached hydrogens (tertiary/aromatic N) is 2. The fourth-order valence-corrected chi connectivity index (χ4v) is 2.56. The van der Waals surface area contributed by atoms with Gasteiger partial charge in [-0.05, 0) is 47.7 Å². The highest BCUT2D eigenvalue weighted by atomic mass is 127. The van der Waals surface area contributed by atoms with E-state index in [1.54, 1.807) is 0 Å². The number of aromatic nitrogens is 2. The van der Waals surface area contributed by atoms with Crippen LogP contribution < -0.4 is 5.32 Å². The summed E-state index contributed by atoms with van der Waals surface area (Å²) in [4.78, 5) is 8.24. The highest BCUT2D eigenvalue weighted by Gasteiger charge is 2.16. The molecule has 0 aliphatic carbocycles. The molecule has 1 aromatic heterocycles. The van der Waals surface area contributed by atoms with E-state index in [0.717, 1.165) is 9.64 Å². The van der Waals surface area contributed by atoms with Gasteiger partial charge in [0.05, 0.1) is 5.52 Å². The first-order valence-corrected chi connectivity index (χ1v) is 7.36. The minimum absolute atomic E-state index is 0.0173. The molecule has 3 nitrogen and oxygen atoms in total. The lowest BCUT2D eigenvalue weighted by Gasteiger charge is -2.12. The quantitative estimate of drug-likeness (QED) is 0.487. The number of fused-ring (bicyclic) bond motifs is 1. The van der Waals surface area contributed by atoms with Crippen LogP contribution in [0.5, 0.6) is 0 Å². The Balaban J connectivity index is 2.13. The van der Waals surface area contributed by atoms with E-state index in [4.69, 9.17) is 0 Å². The summed E-state index contributed by atoms with van der Waals surface area (Å²) in [7, 11) is 0. The summed E-state index contributed by atoms with van der Waals surface area (Å²) in [6.45, 7) is 1.37. The first-order valence-electron chi connectivity index (χ1n) is 6.28. The van der Waals surface area contributed by atoms with Crippen LogP contribution in [0.15, 0.2) is 30.6 Å². The van der Waals surface area contributed by atoms with Gasteiger partial charge < -0.3 is 5.32 Å². The second kappa shape index (κ2) is 5.71. The summed E-state index contributed by atoms with van der Waals surface area (Å²) < 4.78 is 41.2. The smallest absolute Gasteiger partial charge is 0.194 e. The molecule has 7 heteroatoms. The molecule has 0 aliphatic rings. The molecule has 0 atom stereocenters. The Morgan fingerprint density at radius 2 is 1.82 bits per heavy atom. The third-order valence-corrected chi connectivity index (χ3v) is 3.93. The molecule has 0 radical (unpaired) electrons. The van der Waals surface area contributed by atoms with Crippen molar-refractivity contribution in [2.24, 2.45) is 0 Å². The molecule has 3 aromatic rings. The van der Waals surface area contributed by atoms with Crippen molar-refractivity contribution in [2.75, 3.05) is 5.32 Å². The monoisotopic (exact) mass is 415 g/mol. The van der Waals surface area contributed by atoms with E-state index in [2.05, 4.69) is 37.9 Å². The zero-order chi connectivity index (χ0) is 15.9. The van der Waals surface area contributed by atoms with Crippen molar-refractivity contribution in [3.63, 3.8) is 0 Å². The van der Waals surface area contributed by atoms with E-state index >= 15 is 0 Å². The molecule has 3 rings (SSSR count). The van der Waals surface area contributed by atoms with E-state index in [1.807, 2.05) is 18.2 Å². The Morgan fingerprint density at radius 3 is 2.59 bits per heavy atom. The zero-order valence-electron chi connectivity index (χ0n) is 11.3. The summed E-state index contributed by atoms with van der Waals surface area (Å²) in [5.41, 5.74) is 0.796. The largest absolute Gasteiger partial charge is 0.339 e. The van der Waals surface area contributed by atoms with Crippen LogP contribution in [0.1, 0.15) is 5.56 Å². The molecule has 0 amide bonds. The van der Waals surface area contributed by atoms with Crippen molar-refractivity contribution in [1.29, 1.82) is 0 Å². The van der Waals surface area contributed by atoms with E-state index in [-0.39, 0.29) is 11.3 Å². The normalized spacial score (nSPS) is 11.0. The van der Waals surface area contributed by atoms with Crippen LogP contribution in [0.3, 0.4) is 0 Å². The first kappa shape index (κ1) is 15.0. The molecule has 1 heterocycles. The average molecular weight is 415 g/mol. The van der Waals surface area contributed by atoms with Gasteiger partial charge >= 0.3 is 0 Å².